The van der Waals surface area contributed by atoms with E-state index >= 15 is 0 Å². The summed E-state index contributed by atoms with van der Waals surface area (Å²) in [6.45, 7) is 2.92. The summed E-state index contributed by atoms with van der Waals surface area (Å²) in [6, 6.07) is 1.70. The van der Waals surface area contributed by atoms with Crippen LogP contribution in [0.2, 0.25) is 0 Å². The first-order chi connectivity index (χ1) is 8.65. The Morgan fingerprint density at radius 1 is 1.53 bits per heavy atom. The molecule has 1 rings (SSSR count). The maximum absolute atomic E-state index is 12.0. The minimum absolute atomic E-state index is 0.169. The lowest BCUT2D eigenvalue weighted by Crippen LogP contribution is -2.52. The molecule has 4 nitrogen and oxygen atoms in total. The highest BCUT2D eigenvalue weighted by Gasteiger charge is 2.38. The number of carbonyl (C=O) groups excluding carboxylic acids is 1. The van der Waals surface area contributed by atoms with E-state index in [2.05, 4.69) is 6.07 Å². The summed E-state index contributed by atoms with van der Waals surface area (Å²) < 4.78 is 35.9. The van der Waals surface area contributed by atoms with Gasteiger partial charge in [0.1, 0.15) is 12.6 Å². The normalized spacial score (nSPS) is 23.7. The zero-order valence-corrected chi connectivity index (χ0v) is 11.0. The lowest BCUT2D eigenvalue weighted by molar-refractivity contribution is -0.139. The van der Waals surface area contributed by atoms with Gasteiger partial charge in [0, 0.05) is 0 Å². The number of alkyl halides is 3. The second-order valence-electron chi connectivity index (χ2n) is 5.49. The maximum atomic E-state index is 12.0. The van der Waals surface area contributed by atoms with Crippen molar-refractivity contribution in [2.45, 2.75) is 38.9 Å². The Labute approximate surface area is 110 Å². The molecule has 0 aromatic rings. The predicted molar refractivity (Wildman–Crippen MR) is 63.1 cm³/mol. The topological polar surface area (TPSA) is 56.1 Å². The third-order valence-electron chi connectivity index (χ3n) is 3.33. The first-order valence-corrected chi connectivity index (χ1v) is 6.13. The molecule has 1 aliphatic heterocycles. The average Bonchev–Trinajstić information content (AvgIpc) is 2.24. The standard InChI is InChI=1S/C12H18F3N3O/c1-11(2)4-3-5-18(9(11)6-16)7-10(19)17-8-12(13,14)15/h9H,3-5,7-8H2,1-2H3,(H,17,19)/t9-/m1/s1. The minimum atomic E-state index is -4.41. The van der Waals surface area contributed by atoms with Crippen LogP contribution in [-0.4, -0.2) is 42.7 Å². The molecule has 0 unspecified atom stereocenters. The molecule has 0 saturated carbocycles. The Morgan fingerprint density at radius 2 is 2.16 bits per heavy atom. The molecule has 1 N–H and O–H groups in total. The number of amides is 1. The van der Waals surface area contributed by atoms with Gasteiger partial charge in [-0.15, -0.1) is 0 Å². The van der Waals surface area contributed by atoms with Crippen LogP contribution in [0.1, 0.15) is 26.7 Å². The summed E-state index contributed by atoms with van der Waals surface area (Å²) in [5.74, 6) is -0.699. The molecule has 1 aliphatic rings. The molecule has 0 aromatic heterocycles. The van der Waals surface area contributed by atoms with Crippen LogP contribution in [-0.2, 0) is 4.79 Å². The number of hydrogen-bond acceptors (Lipinski definition) is 3. The van der Waals surface area contributed by atoms with Gasteiger partial charge < -0.3 is 5.32 Å². The Morgan fingerprint density at radius 3 is 2.68 bits per heavy atom. The number of carbonyl (C=O) groups is 1. The predicted octanol–water partition coefficient (Wildman–Crippen LogP) is 1.68. The van der Waals surface area contributed by atoms with Crippen LogP contribution in [0.25, 0.3) is 0 Å². The van der Waals surface area contributed by atoms with Crippen molar-refractivity contribution in [2.75, 3.05) is 19.6 Å². The largest absolute Gasteiger partial charge is 0.405 e. The number of rotatable bonds is 3. The van der Waals surface area contributed by atoms with Crippen LogP contribution < -0.4 is 5.32 Å². The summed E-state index contributed by atoms with van der Waals surface area (Å²) in [7, 11) is 0. The number of likely N-dealkylation sites (tertiary alicyclic amines) is 1. The summed E-state index contributed by atoms with van der Waals surface area (Å²) in [5.41, 5.74) is -0.253. The van der Waals surface area contributed by atoms with Crippen molar-refractivity contribution in [3.05, 3.63) is 0 Å². The summed E-state index contributed by atoms with van der Waals surface area (Å²) in [4.78, 5) is 13.1. The molecular weight excluding hydrogens is 259 g/mol. The van der Waals surface area contributed by atoms with Gasteiger partial charge in [0.05, 0.1) is 12.6 Å². The van der Waals surface area contributed by atoms with Gasteiger partial charge in [-0.1, -0.05) is 13.8 Å². The van der Waals surface area contributed by atoms with Crippen LogP contribution in [0.3, 0.4) is 0 Å². The number of nitrogens with one attached hydrogen (secondary N) is 1. The van der Waals surface area contributed by atoms with Crippen molar-refractivity contribution in [3.63, 3.8) is 0 Å². The molecule has 0 aromatic carbocycles. The SMILES string of the molecule is CC1(C)CCCN(CC(=O)NCC(F)(F)F)[C@@H]1C#N. The highest BCUT2D eigenvalue weighted by molar-refractivity contribution is 5.78. The Bertz CT molecular complexity index is 373. The minimum Gasteiger partial charge on any atom is -0.346 e. The van der Waals surface area contributed by atoms with Crippen LogP contribution in [0, 0.1) is 16.7 Å². The van der Waals surface area contributed by atoms with E-state index < -0.39 is 24.7 Å². The van der Waals surface area contributed by atoms with E-state index in [-0.39, 0.29) is 12.0 Å². The highest BCUT2D eigenvalue weighted by atomic mass is 19.4. The van der Waals surface area contributed by atoms with E-state index in [9.17, 15) is 18.0 Å². The molecular formula is C12H18F3N3O. The van der Waals surface area contributed by atoms with E-state index in [0.29, 0.717) is 6.54 Å². The first kappa shape index (κ1) is 15.8. The summed E-state index contributed by atoms with van der Waals surface area (Å²) >= 11 is 0. The molecule has 0 spiro atoms. The average molecular weight is 277 g/mol. The van der Waals surface area contributed by atoms with Crippen molar-refractivity contribution in [1.82, 2.24) is 10.2 Å². The van der Waals surface area contributed by atoms with Crippen LogP contribution >= 0.6 is 0 Å². The van der Waals surface area contributed by atoms with Crippen LogP contribution in [0.15, 0.2) is 0 Å². The Hall–Kier alpha value is -1.29. The van der Waals surface area contributed by atoms with E-state index in [1.165, 1.54) is 0 Å². The van der Waals surface area contributed by atoms with Crippen LogP contribution in [0.5, 0.6) is 0 Å². The second-order valence-corrected chi connectivity index (χ2v) is 5.49. The fourth-order valence-electron chi connectivity index (χ4n) is 2.36. The molecule has 0 radical (unpaired) electrons. The smallest absolute Gasteiger partial charge is 0.346 e. The van der Waals surface area contributed by atoms with Gasteiger partial charge >= 0.3 is 6.18 Å². The third kappa shape index (κ3) is 4.71. The molecule has 0 bridgehead atoms. The Balaban J connectivity index is 2.56. The van der Waals surface area contributed by atoms with Crippen molar-refractivity contribution in [2.24, 2.45) is 5.41 Å². The van der Waals surface area contributed by atoms with Gasteiger partial charge in [0.25, 0.3) is 0 Å². The fourth-order valence-corrected chi connectivity index (χ4v) is 2.36. The number of nitriles is 1. The zero-order valence-electron chi connectivity index (χ0n) is 11.0. The Kier molecular flexibility index (Phi) is 4.80. The molecule has 7 heteroatoms. The quantitative estimate of drug-likeness (QED) is 0.854. The molecule has 0 aliphatic carbocycles. The van der Waals surface area contributed by atoms with Crippen molar-refractivity contribution in [3.8, 4) is 6.07 Å². The van der Waals surface area contributed by atoms with E-state index in [1.807, 2.05) is 19.2 Å². The third-order valence-corrected chi connectivity index (χ3v) is 3.33. The molecule has 1 amide bonds. The maximum Gasteiger partial charge on any atom is 0.405 e. The van der Waals surface area contributed by atoms with Gasteiger partial charge in [0.15, 0.2) is 0 Å². The lowest BCUT2D eigenvalue weighted by Gasteiger charge is -2.42. The fraction of sp³-hybridized carbons (Fsp3) is 0.833. The zero-order chi connectivity index (χ0) is 14.7. The highest BCUT2D eigenvalue weighted by Crippen LogP contribution is 2.34. The first-order valence-electron chi connectivity index (χ1n) is 6.13. The second kappa shape index (κ2) is 5.78. The van der Waals surface area contributed by atoms with Gasteiger partial charge in [-0.25, -0.2) is 0 Å². The van der Waals surface area contributed by atoms with Crippen molar-refractivity contribution < 1.29 is 18.0 Å². The van der Waals surface area contributed by atoms with Gasteiger partial charge in [-0.05, 0) is 24.8 Å². The monoisotopic (exact) mass is 277 g/mol. The molecule has 1 saturated heterocycles. The number of piperidine rings is 1. The van der Waals surface area contributed by atoms with E-state index in [4.69, 9.17) is 5.26 Å². The van der Waals surface area contributed by atoms with Gasteiger partial charge in [-0.3, -0.25) is 9.69 Å². The molecule has 108 valence electrons. The number of hydrogen-bond donors (Lipinski definition) is 1. The van der Waals surface area contributed by atoms with Crippen molar-refractivity contribution in [1.29, 1.82) is 5.26 Å². The van der Waals surface area contributed by atoms with Crippen molar-refractivity contribution >= 4 is 5.91 Å². The van der Waals surface area contributed by atoms with Gasteiger partial charge in [0.2, 0.25) is 5.91 Å². The molecule has 1 heterocycles. The molecule has 19 heavy (non-hydrogen) atoms. The number of nitrogens with zero attached hydrogens (tertiary/aromatic N) is 2. The summed E-state index contributed by atoms with van der Waals surface area (Å²) in [5, 5.41) is 11.0. The molecule has 1 fully saturated rings. The lowest BCUT2D eigenvalue weighted by atomic mass is 9.77. The van der Waals surface area contributed by atoms with E-state index in [0.717, 1.165) is 12.8 Å². The summed E-state index contributed by atoms with van der Waals surface area (Å²) in [6.07, 6.45) is -2.71. The van der Waals surface area contributed by atoms with Gasteiger partial charge in [-0.2, -0.15) is 18.4 Å². The number of halogens is 3. The molecule has 1 atom stereocenters. The van der Waals surface area contributed by atoms with Crippen LogP contribution in [0.4, 0.5) is 13.2 Å². The van der Waals surface area contributed by atoms with E-state index in [1.54, 1.807) is 4.90 Å².